The minimum absolute atomic E-state index is 0.224. The molecule has 0 fully saturated rings. The van der Waals surface area contributed by atoms with Crippen molar-refractivity contribution in [2.45, 2.75) is 13.0 Å². The fourth-order valence-electron chi connectivity index (χ4n) is 4.41. The van der Waals surface area contributed by atoms with Gasteiger partial charge < -0.3 is 20.1 Å². The van der Waals surface area contributed by atoms with Crippen molar-refractivity contribution in [1.29, 1.82) is 0 Å². The summed E-state index contributed by atoms with van der Waals surface area (Å²) in [5.41, 5.74) is 3.83. The summed E-state index contributed by atoms with van der Waals surface area (Å²) in [6.45, 7) is 0.537. The SMILES string of the molecule is COc1cccc(CNc2ccc(N3C(=O)CC(=O)Nc4c3ccc3ccccc43)cc2)c1OC. The van der Waals surface area contributed by atoms with Crippen LogP contribution in [0, 0.1) is 0 Å². The van der Waals surface area contributed by atoms with E-state index >= 15 is 0 Å². The maximum atomic E-state index is 13.1. The molecule has 1 heterocycles. The molecule has 0 atom stereocenters. The molecule has 7 heteroatoms. The Morgan fingerprint density at radius 3 is 2.46 bits per heavy atom. The average molecular weight is 468 g/mol. The molecular formula is C28H25N3O4. The van der Waals surface area contributed by atoms with Crippen LogP contribution in [0.25, 0.3) is 10.8 Å². The first-order valence-electron chi connectivity index (χ1n) is 11.3. The van der Waals surface area contributed by atoms with Gasteiger partial charge >= 0.3 is 0 Å². The molecule has 0 unspecified atom stereocenters. The number of carbonyl (C=O) groups excluding carboxylic acids is 2. The summed E-state index contributed by atoms with van der Waals surface area (Å²) >= 11 is 0. The number of hydrogen-bond acceptors (Lipinski definition) is 5. The van der Waals surface area contributed by atoms with E-state index in [0.29, 0.717) is 35.1 Å². The van der Waals surface area contributed by atoms with Gasteiger partial charge in [-0.1, -0.05) is 42.5 Å². The van der Waals surface area contributed by atoms with E-state index in [2.05, 4.69) is 10.6 Å². The molecule has 0 radical (unpaired) electrons. The van der Waals surface area contributed by atoms with Gasteiger partial charge in [-0.15, -0.1) is 0 Å². The van der Waals surface area contributed by atoms with E-state index in [1.54, 1.807) is 19.1 Å². The van der Waals surface area contributed by atoms with Crippen LogP contribution >= 0.6 is 0 Å². The summed E-state index contributed by atoms with van der Waals surface area (Å²) in [6.07, 6.45) is -0.224. The number of nitrogens with one attached hydrogen (secondary N) is 2. The Morgan fingerprint density at radius 1 is 0.886 bits per heavy atom. The fraction of sp³-hybridized carbons (Fsp3) is 0.143. The molecule has 0 aromatic heterocycles. The summed E-state index contributed by atoms with van der Waals surface area (Å²) in [4.78, 5) is 27.1. The lowest BCUT2D eigenvalue weighted by Gasteiger charge is -2.23. The van der Waals surface area contributed by atoms with Crippen LogP contribution in [0.1, 0.15) is 12.0 Å². The summed E-state index contributed by atoms with van der Waals surface area (Å²) < 4.78 is 10.9. The van der Waals surface area contributed by atoms with Crippen LogP contribution in [0.15, 0.2) is 78.9 Å². The van der Waals surface area contributed by atoms with E-state index in [1.165, 1.54) is 0 Å². The van der Waals surface area contributed by atoms with Gasteiger partial charge in [-0.25, -0.2) is 0 Å². The minimum Gasteiger partial charge on any atom is -0.493 e. The maximum absolute atomic E-state index is 13.1. The Morgan fingerprint density at radius 2 is 1.69 bits per heavy atom. The Hall–Kier alpha value is -4.52. The Bertz CT molecular complexity index is 1420. The number of benzene rings is 4. The second-order valence-electron chi connectivity index (χ2n) is 8.19. The van der Waals surface area contributed by atoms with E-state index < -0.39 is 0 Å². The summed E-state index contributed by atoms with van der Waals surface area (Å²) in [5.74, 6) is 0.769. The second-order valence-corrected chi connectivity index (χ2v) is 8.19. The van der Waals surface area contributed by atoms with Gasteiger partial charge in [0.2, 0.25) is 11.8 Å². The molecule has 5 rings (SSSR count). The molecule has 4 aromatic rings. The molecule has 1 aliphatic heterocycles. The number of hydrogen-bond donors (Lipinski definition) is 2. The lowest BCUT2D eigenvalue weighted by atomic mass is 10.1. The van der Waals surface area contributed by atoms with E-state index in [-0.39, 0.29) is 18.2 Å². The van der Waals surface area contributed by atoms with E-state index in [4.69, 9.17) is 9.47 Å². The van der Waals surface area contributed by atoms with Crippen LogP contribution in [0.5, 0.6) is 11.5 Å². The van der Waals surface area contributed by atoms with Crippen molar-refractivity contribution >= 4 is 45.3 Å². The zero-order valence-corrected chi connectivity index (χ0v) is 19.5. The third kappa shape index (κ3) is 4.24. The first-order chi connectivity index (χ1) is 17.1. The molecule has 0 bridgehead atoms. The predicted octanol–water partition coefficient (Wildman–Crippen LogP) is 5.48. The van der Waals surface area contributed by atoms with Gasteiger partial charge in [0.1, 0.15) is 6.42 Å². The Labute approximate surface area is 203 Å². The minimum atomic E-state index is -0.319. The van der Waals surface area contributed by atoms with Gasteiger partial charge in [0.15, 0.2) is 11.5 Å². The molecule has 2 amide bonds. The largest absolute Gasteiger partial charge is 0.493 e. The zero-order chi connectivity index (χ0) is 24.4. The number of amides is 2. The molecule has 0 saturated heterocycles. The van der Waals surface area contributed by atoms with Gasteiger partial charge in [-0.05, 0) is 41.8 Å². The zero-order valence-electron chi connectivity index (χ0n) is 19.5. The average Bonchev–Trinajstić information content (AvgIpc) is 3.01. The third-order valence-electron chi connectivity index (χ3n) is 6.07. The van der Waals surface area contributed by atoms with Crippen molar-refractivity contribution in [3.05, 3.63) is 84.4 Å². The normalized spacial score (nSPS) is 13.1. The highest BCUT2D eigenvalue weighted by atomic mass is 16.5. The number of ether oxygens (including phenoxy) is 2. The highest BCUT2D eigenvalue weighted by molar-refractivity contribution is 6.21. The van der Waals surface area contributed by atoms with E-state index in [1.807, 2.05) is 78.9 Å². The number of fused-ring (bicyclic) bond motifs is 3. The highest BCUT2D eigenvalue weighted by Crippen LogP contribution is 2.40. The van der Waals surface area contributed by atoms with Crippen molar-refractivity contribution in [2.75, 3.05) is 29.8 Å². The number of carbonyl (C=O) groups is 2. The van der Waals surface area contributed by atoms with Gasteiger partial charge in [0.05, 0.1) is 25.6 Å². The second kappa shape index (κ2) is 9.38. The fourth-order valence-corrected chi connectivity index (χ4v) is 4.41. The Balaban J connectivity index is 1.44. The van der Waals surface area contributed by atoms with Crippen LogP contribution in [0.4, 0.5) is 22.7 Å². The Kier molecular flexibility index (Phi) is 5.97. The molecule has 1 aliphatic rings. The van der Waals surface area contributed by atoms with Crippen molar-refractivity contribution in [3.63, 3.8) is 0 Å². The molecule has 0 aliphatic carbocycles. The lowest BCUT2D eigenvalue weighted by molar-refractivity contribution is -0.124. The molecule has 35 heavy (non-hydrogen) atoms. The summed E-state index contributed by atoms with van der Waals surface area (Å²) in [7, 11) is 3.23. The number of methoxy groups -OCH3 is 2. The molecular weight excluding hydrogens is 442 g/mol. The smallest absolute Gasteiger partial charge is 0.241 e. The van der Waals surface area contributed by atoms with Gasteiger partial charge in [0.25, 0.3) is 0 Å². The van der Waals surface area contributed by atoms with Crippen LogP contribution in [-0.4, -0.2) is 26.0 Å². The standard InChI is InChI=1S/C28H25N3O4/c1-34-24-9-5-7-19(28(24)35-2)17-29-20-11-13-21(14-12-20)31-23-15-10-18-6-3-4-8-22(18)27(23)30-25(32)16-26(31)33/h3-15,29H,16-17H2,1-2H3,(H,30,32). The van der Waals surface area contributed by atoms with Crippen LogP contribution < -0.4 is 25.0 Å². The van der Waals surface area contributed by atoms with Crippen molar-refractivity contribution in [1.82, 2.24) is 0 Å². The molecule has 7 nitrogen and oxygen atoms in total. The number of anilines is 4. The van der Waals surface area contributed by atoms with Crippen LogP contribution in [-0.2, 0) is 16.1 Å². The predicted molar refractivity (Wildman–Crippen MR) is 138 cm³/mol. The van der Waals surface area contributed by atoms with Gasteiger partial charge in [-0.2, -0.15) is 0 Å². The first kappa shape index (κ1) is 22.3. The molecule has 2 N–H and O–H groups in total. The first-order valence-corrected chi connectivity index (χ1v) is 11.3. The molecule has 0 spiro atoms. The third-order valence-corrected chi connectivity index (χ3v) is 6.07. The van der Waals surface area contributed by atoms with Crippen molar-refractivity contribution in [3.8, 4) is 11.5 Å². The monoisotopic (exact) mass is 467 g/mol. The number of para-hydroxylation sites is 1. The molecule has 0 saturated carbocycles. The molecule has 4 aromatic carbocycles. The molecule has 176 valence electrons. The van der Waals surface area contributed by atoms with Crippen LogP contribution in [0.2, 0.25) is 0 Å². The quantitative estimate of drug-likeness (QED) is 0.367. The van der Waals surface area contributed by atoms with Crippen molar-refractivity contribution in [2.24, 2.45) is 0 Å². The highest BCUT2D eigenvalue weighted by Gasteiger charge is 2.28. The maximum Gasteiger partial charge on any atom is 0.241 e. The van der Waals surface area contributed by atoms with Gasteiger partial charge in [0, 0.05) is 28.9 Å². The van der Waals surface area contributed by atoms with E-state index in [0.717, 1.165) is 22.0 Å². The van der Waals surface area contributed by atoms with Gasteiger partial charge in [-0.3, -0.25) is 14.5 Å². The van der Waals surface area contributed by atoms with Crippen molar-refractivity contribution < 1.29 is 19.1 Å². The van der Waals surface area contributed by atoms with E-state index in [9.17, 15) is 9.59 Å². The summed E-state index contributed by atoms with van der Waals surface area (Å²) in [6, 6.07) is 25.0. The van der Waals surface area contributed by atoms with Crippen LogP contribution in [0.3, 0.4) is 0 Å². The lowest BCUT2D eigenvalue weighted by Crippen LogP contribution is -2.26. The summed E-state index contributed by atoms with van der Waals surface area (Å²) in [5, 5.41) is 8.20. The topological polar surface area (TPSA) is 79.9 Å². The number of rotatable bonds is 6. The number of nitrogens with zero attached hydrogens (tertiary/aromatic N) is 1.